The molecule has 0 N–H and O–H groups in total. The first-order chi connectivity index (χ1) is 19.1. The van der Waals surface area contributed by atoms with Crippen LogP contribution < -0.4 is 18.9 Å². The van der Waals surface area contributed by atoms with E-state index in [0.717, 1.165) is 11.1 Å². The molecule has 39 heavy (non-hydrogen) atoms. The maximum Gasteiger partial charge on any atom is 0.231 e. The molecule has 0 unspecified atom stereocenters. The van der Waals surface area contributed by atoms with Gasteiger partial charge in [-0.3, -0.25) is 9.59 Å². The molecule has 2 heterocycles. The SMILES string of the molecule is O=C(/C=C(\S/C(=C/C(=O)c1ccc2c(c1)OCO2)c1ccccc1)c1ccccc1)c1ccc2c(c1)OCO2. The summed E-state index contributed by atoms with van der Waals surface area (Å²) in [4.78, 5) is 28.2. The van der Waals surface area contributed by atoms with Crippen molar-refractivity contribution in [2.75, 3.05) is 13.6 Å². The molecule has 0 aromatic heterocycles. The number of benzene rings is 4. The van der Waals surface area contributed by atoms with E-state index in [1.165, 1.54) is 11.8 Å². The highest BCUT2D eigenvalue weighted by Crippen LogP contribution is 2.41. The van der Waals surface area contributed by atoms with Crippen molar-refractivity contribution >= 4 is 33.1 Å². The van der Waals surface area contributed by atoms with E-state index in [9.17, 15) is 9.59 Å². The van der Waals surface area contributed by atoms with E-state index in [2.05, 4.69) is 0 Å². The molecule has 4 aromatic carbocycles. The van der Waals surface area contributed by atoms with Gasteiger partial charge >= 0.3 is 0 Å². The summed E-state index contributed by atoms with van der Waals surface area (Å²) in [5.74, 6) is 1.95. The molecule has 4 aromatic rings. The minimum Gasteiger partial charge on any atom is -0.454 e. The van der Waals surface area contributed by atoms with Crippen molar-refractivity contribution in [2.24, 2.45) is 0 Å². The van der Waals surface area contributed by atoms with Crippen LogP contribution in [0.2, 0.25) is 0 Å². The summed E-state index contributed by atoms with van der Waals surface area (Å²) in [6.07, 6.45) is 3.19. The molecule has 0 atom stereocenters. The molecule has 0 fully saturated rings. The number of carbonyl (C=O) groups is 2. The number of fused-ring (bicyclic) bond motifs is 2. The van der Waals surface area contributed by atoms with Crippen molar-refractivity contribution in [3.05, 3.63) is 131 Å². The highest BCUT2D eigenvalue weighted by molar-refractivity contribution is 8.16. The van der Waals surface area contributed by atoms with Gasteiger partial charge in [-0.2, -0.15) is 0 Å². The molecule has 6 rings (SSSR count). The van der Waals surface area contributed by atoms with Gasteiger partial charge in [0.15, 0.2) is 34.6 Å². The van der Waals surface area contributed by atoms with Crippen LogP contribution in [0.1, 0.15) is 31.8 Å². The molecule has 0 spiro atoms. The molecule has 192 valence electrons. The van der Waals surface area contributed by atoms with Crippen LogP contribution in [0.4, 0.5) is 0 Å². The fourth-order valence-corrected chi connectivity index (χ4v) is 5.25. The van der Waals surface area contributed by atoms with Crippen molar-refractivity contribution in [2.45, 2.75) is 0 Å². The third-order valence-electron chi connectivity index (χ3n) is 6.18. The third-order valence-corrected chi connectivity index (χ3v) is 7.32. The molecule has 0 saturated heterocycles. The second-order valence-corrected chi connectivity index (χ2v) is 9.80. The molecule has 0 saturated carbocycles. The Balaban J connectivity index is 1.37. The molecule has 7 heteroatoms. The highest BCUT2D eigenvalue weighted by atomic mass is 32.2. The zero-order chi connectivity index (χ0) is 26.6. The lowest BCUT2D eigenvalue weighted by atomic mass is 10.1. The minimum atomic E-state index is -0.186. The normalized spacial score (nSPS) is 13.8. The van der Waals surface area contributed by atoms with E-state index in [1.807, 2.05) is 60.7 Å². The second kappa shape index (κ2) is 10.9. The predicted molar refractivity (Wildman–Crippen MR) is 150 cm³/mol. The Hall–Kier alpha value is -4.75. The third kappa shape index (κ3) is 5.44. The van der Waals surface area contributed by atoms with E-state index < -0.39 is 0 Å². The summed E-state index contributed by atoms with van der Waals surface area (Å²) >= 11 is 1.36. The summed E-state index contributed by atoms with van der Waals surface area (Å²) in [6.45, 7) is 0.271. The first-order valence-corrected chi connectivity index (χ1v) is 13.1. The molecule has 0 amide bonds. The Kier molecular flexibility index (Phi) is 6.89. The molecule has 0 bridgehead atoms. The Morgan fingerprint density at radius 3 is 1.36 bits per heavy atom. The predicted octanol–water partition coefficient (Wildman–Crippen LogP) is 7.03. The second-order valence-electron chi connectivity index (χ2n) is 8.72. The lowest BCUT2D eigenvalue weighted by Gasteiger charge is -2.12. The van der Waals surface area contributed by atoms with E-state index >= 15 is 0 Å². The van der Waals surface area contributed by atoms with E-state index in [-0.39, 0.29) is 25.2 Å². The van der Waals surface area contributed by atoms with Crippen molar-refractivity contribution in [3.8, 4) is 23.0 Å². The van der Waals surface area contributed by atoms with E-state index in [0.29, 0.717) is 43.9 Å². The zero-order valence-corrected chi connectivity index (χ0v) is 21.5. The van der Waals surface area contributed by atoms with Crippen LogP contribution in [0, 0.1) is 0 Å². The van der Waals surface area contributed by atoms with E-state index in [1.54, 1.807) is 48.6 Å². The molecule has 6 nitrogen and oxygen atoms in total. The standard InChI is InChI=1S/C32H22O6S/c33-25(23-11-13-27-29(15-23)37-19-35-27)17-31(21-7-3-1-4-8-21)39-32(22-9-5-2-6-10-22)18-26(34)24-12-14-28-30(16-24)38-20-36-28/h1-18H,19-20H2/b31-17-,32-18+. The first kappa shape index (κ1) is 24.6. The molecule has 2 aliphatic rings. The van der Waals surface area contributed by atoms with Crippen LogP contribution in [0.5, 0.6) is 23.0 Å². The monoisotopic (exact) mass is 534 g/mol. The van der Waals surface area contributed by atoms with Gasteiger partial charge in [-0.25, -0.2) is 0 Å². The minimum absolute atomic E-state index is 0.135. The van der Waals surface area contributed by atoms with Gasteiger partial charge in [-0.05, 0) is 47.5 Å². The average Bonchev–Trinajstić information content (AvgIpc) is 3.66. The lowest BCUT2D eigenvalue weighted by molar-refractivity contribution is 0.103. The van der Waals surface area contributed by atoms with Crippen LogP contribution in [0.15, 0.2) is 109 Å². The Labute approximate surface area is 229 Å². The largest absolute Gasteiger partial charge is 0.454 e. The summed E-state index contributed by atoms with van der Waals surface area (Å²) in [5.41, 5.74) is 2.67. The first-order valence-electron chi connectivity index (χ1n) is 12.2. The highest BCUT2D eigenvalue weighted by Gasteiger charge is 2.19. The number of hydrogen-bond acceptors (Lipinski definition) is 7. The lowest BCUT2D eigenvalue weighted by Crippen LogP contribution is -1.98. The van der Waals surface area contributed by atoms with Gasteiger partial charge in [-0.1, -0.05) is 72.4 Å². The zero-order valence-electron chi connectivity index (χ0n) is 20.7. The number of ketones is 2. The number of ether oxygens (including phenoxy) is 4. The summed E-state index contributed by atoms with van der Waals surface area (Å²) in [6, 6.07) is 29.5. The topological polar surface area (TPSA) is 71.1 Å². The van der Waals surface area contributed by atoms with Crippen LogP contribution in [-0.4, -0.2) is 25.2 Å². The summed E-state index contributed by atoms with van der Waals surface area (Å²) < 4.78 is 21.7. The van der Waals surface area contributed by atoms with Gasteiger partial charge in [0.05, 0.1) is 0 Å². The molecule has 0 radical (unpaired) electrons. The van der Waals surface area contributed by atoms with Gasteiger partial charge in [-0.15, -0.1) is 0 Å². The Bertz CT molecular complexity index is 1490. The van der Waals surface area contributed by atoms with Crippen molar-refractivity contribution < 1.29 is 28.5 Å². The Morgan fingerprint density at radius 1 is 0.513 bits per heavy atom. The van der Waals surface area contributed by atoms with Crippen molar-refractivity contribution in [3.63, 3.8) is 0 Å². The van der Waals surface area contributed by atoms with Crippen molar-refractivity contribution in [1.82, 2.24) is 0 Å². The fourth-order valence-electron chi connectivity index (χ4n) is 4.17. The van der Waals surface area contributed by atoms with Crippen LogP contribution in [0.25, 0.3) is 9.81 Å². The van der Waals surface area contributed by atoms with Crippen LogP contribution in [0.3, 0.4) is 0 Å². The molecular weight excluding hydrogens is 512 g/mol. The number of rotatable bonds is 8. The maximum atomic E-state index is 13.4. The maximum absolute atomic E-state index is 13.4. The Morgan fingerprint density at radius 2 is 0.923 bits per heavy atom. The summed E-state index contributed by atoms with van der Waals surface area (Å²) in [7, 11) is 0. The van der Waals surface area contributed by atoms with Crippen LogP contribution in [-0.2, 0) is 0 Å². The van der Waals surface area contributed by atoms with E-state index in [4.69, 9.17) is 18.9 Å². The molecule has 2 aliphatic heterocycles. The van der Waals surface area contributed by atoms with Crippen LogP contribution >= 0.6 is 11.8 Å². The fraction of sp³-hybridized carbons (Fsp3) is 0.0625. The van der Waals surface area contributed by atoms with Gasteiger partial charge in [0, 0.05) is 33.1 Å². The number of hydrogen-bond donors (Lipinski definition) is 0. The van der Waals surface area contributed by atoms with Gasteiger partial charge in [0.1, 0.15) is 0 Å². The smallest absolute Gasteiger partial charge is 0.231 e. The number of allylic oxidation sites excluding steroid dienone is 2. The molecular formula is C32H22O6S. The number of thioether (sulfide) groups is 1. The van der Waals surface area contributed by atoms with Crippen molar-refractivity contribution in [1.29, 1.82) is 0 Å². The number of carbonyl (C=O) groups excluding carboxylic acids is 2. The van der Waals surface area contributed by atoms with Gasteiger partial charge < -0.3 is 18.9 Å². The average molecular weight is 535 g/mol. The van der Waals surface area contributed by atoms with Gasteiger partial charge in [0.25, 0.3) is 0 Å². The summed E-state index contributed by atoms with van der Waals surface area (Å²) in [5, 5.41) is 0. The van der Waals surface area contributed by atoms with Gasteiger partial charge in [0.2, 0.25) is 13.6 Å². The molecule has 0 aliphatic carbocycles. The quantitative estimate of drug-likeness (QED) is 0.178.